The Hall–Kier alpha value is -0.480. The van der Waals surface area contributed by atoms with Gasteiger partial charge in [0.2, 0.25) is 0 Å². The lowest BCUT2D eigenvalue weighted by molar-refractivity contribution is -0.202. The quantitative estimate of drug-likeness (QED) is 0.797. The molecule has 2 N–H and O–H groups in total. The molecular formula is C21H33FO3. The molecule has 0 saturated heterocycles. The zero-order chi connectivity index (χ0) is 18.0. The maximum absolute atomic E-state index is 16.7. The average molecular weight is 352 g/mol. The summed E-state index contributed by atoms with van der Waals surface area (Å²) in [5.74, 6) is 0.455. The van der Waals surface area contributed by atoms with E-state index in [2.05, 4.69) is 13.8 Å². The van der Waals surface area contributed by atoms with Gasteiger partial charge in [0.25, 0.3) is 0 Å². The summed E-state index contributed by atoms with van der Waals surface area (Å²) >= 11 is 0. The van der Waals surface area contributed by atoms with E-state index in [-0.39, 0.29) is 53.0 Å². The minimum Gasteiger partial charge on any atom is -0.393 e. The summed E-state index contributed by atoms with van der Waals surface area (Å²) in [6, 6.07) is 0. The van der Waals surface area contributed by atoms with Gasteiger partial charge in [0.15, 0.2) is 5.78 Å². The summed E-state index contributed by atoms with van der Waals surface area (Å²) in [4.78, 5) is 12.3. The molecule has 4 aliphatic rings. The highest BCUT2D eigenvalue weighted by atomic mass is 19.1. The molecule has 0 spiro atoms. The summed E-state index contributed by atoms with van der Waals surface area (Å²) in [5.41, 5.74) is -1.62. The van der Waals surface area contributed by atoms with Gasteiger partial charge in [0, 0.05) is 11.3 Å². The van der Waals surface area contributed by atoms with Gasteiger partial charge in [0.05, 0.1) is 6.10 Å². The lowest BCUT2D eigenvalue weighted by Gasteiger charge is -2.63. The second-order valence-corrected chi connectivity index (χ2v) is 9.96. The number of aliphatic hydroxyl groups excluding tert-OH is 2. The van der Waals surface area contributed by atoms with Gasteiger partial charge in [-0.25, -0.2) is 4.39 Å². The molecule has 3 nitrogen and oxygen atoms in total. The Morgan fingerprint density at radius 2 is 1.76 bits per heavy atom. The van der Waals surface area contributed by atoms with Crippen molar-refractivity contribution in [2.45, 2.75) is 83.4 Å². The molecule has 4 aliphatic carbocycles. The van der Waals surface area contributed by atoms with Crippen LogP contribution in [0.1, 0.15) is 71.6 Å². The number of Topliss-reactive ketones (excluding diaryl/α,β-unsaturated/α-hetero) is 1. The van der Waals surface area contributed by atoms with Crippen LogP contribution in [0.4, 0.5) is 4.39 Å². The van der Waals surface area contributed by atoms with Crippen molar-refractivity contribution in [3.63, 3.8) is 0 Å². The largest absolute Gasteiger partial charge is 0.393 e. The van der Waals surface area contributed by atoms with Gasteiger partial charge in [-0.1, -0.05) is 13.8 Å². The first-order valence-corrected chi connectivity index (χ1v) is 10.3. The second-order valence-electron chi connectivity index (χ2n) is 9.96. The van der Waals surface area contributed by atoms with Crippen molar-refractivity contribution >= 4 is 5.78 Å². The first-order chi connectivity index (χ1) is 11.8. The summed E-state index contributed by atoms with van der Waals surface area (Å²) in [6.45, 7) is 3.95. The van der Waals surface area contributed by atoms with Crippen LogP contribution in [0.3, 0.4) is 0 Å². The van der Waals surface area contributed by atoms with E-state index in [1.54, 1.807) is 0 Å². The standard InChI is InChI=1S/C21H33FO3/c1-19-9-10-21(22)16(15(19)5-6-17(19)18(25)12-23)4-3-13-11-14(24)7-8-20(13,21)2/h13-17,23-24H,3-12H2,1-2H3/t13-,14-,15+,16+,17-,19+,20+,21-/m1/s1. The fraction of sp³-hybridized carbons (Fsp3) is 0.952. The third-order valence-electron chi connectivity index (χ3n) is 9.28. The van der Waals surface area contributed by atoms with E-state index >= 15 is 4.39 Å². The first kappa shape index (κ1) is 17.9. The Labute approximate surface area is 150 Å². The number of carbonyl (C=O) groups excluding carboxylic acids is 1. The zero-order valence-electron chi connectivity index (χ0n) is 15.6. The van der Waals surface area contributed by atoms with E-state index < -0.39 is 5.67 Å². The normalized spacial score (nSPS) is 55.2. The van der Waals surface area contributed by atoms with Gasteiger partial charge in [0.1, 0.15) is 12.3 Å². The molecule has 0 amide bonds. The summed E-state index contributed by atoms with van der Waals surface area (Å²) < 4.78 is 16.7. The SMILES string of the molecule is C[C@]12CC[C@@]3(F)[C@@H](CC[C@@H]4C[C@H](O)CC[C@@]43C)[C@@H]1CC[C@@H]2C(=O)CO. The number of carbonyl (C=O) groups is 1. The van der Waals surface area contributed by atoms with Crippen molar-refractivity contribution < 1.29 is 19.4 Å². The van der Waals surface area contributed by atoms with Gasteiger partial charge in [-0.05, 0) is 81.0 Å². The molecule has 4 heteroatoms. The lowest BCUT2D eigenvalue weighted by atomic mass is 9.43. The maximum Gasteiger partial charge on any atom is 0.161 e. The summed E-state index contributed by atoms with van der Waals surface area (Å²) in [7, 11) is 0. The monoisotopic (exact) mass is 352 g/mol. The fourth-order valence-electron chi connectivity index (χ4n) is 7.76. The highest BCUT2D eigenvalue weighted by Gasteiger charge is 2.68. The first-order valence-electron chi connectivity index (χ1n) is 10.3. The molecule has 4 fully saturated rings. The molecule has 0 radical (unpaired) electrons. The van der Waals surface area contributed by atoms with E-state index in [9.17, 15) is 15.0 Å². The molecule has 0 aromatic heterocycles. The van der Waals surface area contributed by atoms with E-state index in [0.29, 0.717) is 6.42 Å². The molecule has 8 atom stereocenters. The lowest BCUT2D eigenvalue weighted by Crippen LogP contribution is -2.63. The Morgan fingerprint density at radius 1 is 1.04 bits per heavy atom. The fourth-order valence-corrected chi connectivity index (χ4v) is 7.76. The molecule has 142 valence electrons. The predicted octanol–water partition coefficient (Wildman–Crippen LogP) is 3.66. The topological polar surface area (TPSA) is 57.5 Å². The molecule has 25 heavy (non-hydrogen) atoms. The van der Waals surface area contributed by atoms with Crippen molar-refractivity contribution in [3.8, 4) is 0 Å². The molecule has 0 aromatic carbocycles. The van der Waals surface area contributed by atoms with Gasteiger partial charge in [-0.15, -0.1) is 0 Å². The zero-order valence-corrected chi connectivity index (χ0v) is 15.6. The van der Waals surface area contributed by atoms with E-state index in [0.717, 1.165) is 51.4 Å². The third kappa shape index (κ3) is 2.25. The van der Waals surface area contributed by atoms with E-state index in [1.807, 2.05) is 0 Å². The van der Waals surface area contributed by atoms with Gasteiger partial charge >= 0.3 is 0 Å². The smallest absolute Gasteiger partial charge is 0.161 e. The van der Waals surface area contributed by atoms with Crippen LogP contribution in [-0.4, -0.2) is 34.4 Å². The number of aliphatic hydroxyl groups is 2. The van der Waals surface area contributed by atoms with Crippen molar-refractivity contribution in [2.75, 3.05) is 6.61 Å². The molecule has 0 aliphatic heterocycles. The molecular weight excluding hydrogens is 319 g/mol. The Kier molecular flexibility index (Phi) is 4.12. The van der Waals surface area contributed by atoms with Crippen molar-refractivity contribution in [3.05, 3.63) is 0 Å². The van der Waals surface area contributed by atoms with Gasteiger partial charge in [-0.3, -0.25) is 4.79 Å². The van der Waals surface area contributed by atoms with Crippen molar-refractivity contribution in [1.29, 1.82) is 0 Å². The molecule has 0 bridgehead atoms. The molecule has 0 unspecified atom stereocenters. The van der Waals surface area contributed by atoms with Crippen LogP contribution in [0, 0.1) is 34.5 Å². The number of halogens is 1. The van der Waals surface area contributed by atoms with E-state index in [4.69, 9.17) is 0 Å². The predicted molar refractivity (Wildman–Crippen MR) is 93.7 cm³/mol. The van der Waals surface area contributed by atoms with Crippen LogP contribution in [0.15, 0.2) is 0 Å². The van der Waals surface area contributed by atoms with Crippen LogP contribution >= 0.6 is 0 Å². The minimum atomic E-state index is -1.16. The molecule has 4 saturated carbocycles. The highest BCUT2D eigenvalue weighted by molar-refractivity contribution is 5.83. The summed E-state index contributed by atoms with van der Waals surface area (Å²) in [5, 5.41) is 19.4. The van der Waals surface area contributed by atoms with Crippen LogP contribution < -0.4 is 0 Å². The number of rotatable bonds is 2. The Morgan fingerprint density at radius 3 is 2.48 bits per heavy atom. The van der Waals surface area contributed by atoms with Crippen molar-refractivity contribution in [2.24, 2.45) is 34.5 Å². The highest BCUT2D eigenvalue weighted by Crippen LogP contribution is 2.70. The third-order valence-corrected chi connectivity index (χ3v) is 9.28. The maximum atomic E-state index is 16.7. The van der Waals surface area contributed by atoms with Gasteiger partial charge < -0.3 is 10.2 Å². The molecule has 0 aromatic rings. The number of fused-ring (bicyclic) bond motifs is 5. The van der Waals surface area contributed by atoms with Crippen LogP contribution in [-0.2, 0) is 4.79 Å². The Balaban J connectivity index is 1.66. The van der Waals surface area contributed by atoms with Gasteiger partial charge in [-0.2, -0.15) is 0 Å². The van der Waals surface area contributed by atoms with E-state index in [1.165, 1.54) is 0 Å². The Bertz CT molecular complexity index is 565. The minimum absolute atomic E-state index is 0.0410. The second kappa shape index (κ2) is 5.76. The number of hydrogen-bond donors (Lipinski definition) is 2. The number of alkyl halides is 1. The number of hydrogen-bond acceptors (Lipinski definition) is 3. The van der Waals surface area contributed by atoms with Crippen molar-refractivity contribution in [1.82, 2.24) is 0 Å². The molecule has 4 rings (SSSR count). The van der Waals surface area contributed by atoms with Crippen LogP contribution in [0.2, 0.25) is 0 Å². The average Bonchev–Trinajstić information content (AvgIpc) is 2.93. The van der Waals surface area contributed by atoms with Crippen LogP contribution in [0.5, 0.6) is 0 Å². The number of ketones is 1. The molecule has 0 heterocycles. The van der Waals surface area contributed by atoms with Crippen LogP contribution in [0.25, 0.3) is 0 Å². The summed E-state index contributed by atoms with van der Waals surface area (Å²) in [6.07, 6.45) is 6.94.